The van der Waals surface area contributed by atoms with Crippen LogP contribution in [0.25, 0.3) is 6.08 Å². The number of rotatable bonds is 1. The van der Waals surface area contributed by atoms with E-state index in [0.717, 1.165) is 44.2 Å². The molecule has 4 aliphatic rings. The maximum Gasteiger partial charge on any atom is 0.0809 e. The quantitative estimate of drug-likeness (QED) is 0.659. The lowest BCUT2D eigenvalue weighted by Gasteiger charge is -2.57. The lowest BCUT2D eigenvalue weighted by Crippen LogP contribution is -2.51. The summed E-state index contributed by atoms with van der Waals surface area (Å²) in [7, 11) is 1.99. The Labute approximate surface area is 181 Å². The lowest BCUT2D eigenvalue weighted by molar-refractivity contribution is -0.0685. The Morgan fingerprint density at radius 2 is 1.87 bits per heavy atom. The summed E-state index contributed by atoms with van der Waals surface area (Å²) in [6.45, 7) is 8.99. The topological polar surface area (TPSA) is 58.3 Å². The molecule has 3 fully saturated rings. The van der Waals surface area contributed by atoms with Crippen molar-refractivity contribution in [3.05, 3.63) is 34.2 Å². The van der Waals surface area contributed by atoms with Crippen LogP contribution in [-0.2, 0) is 7.05 Å². The first-order chi connectivity index (χ1) is 14.1. The molecule has 4 heteroatoms. The zero-order valence-electron chi connectivity index (χ0n) is 19.3. The monoisotopic (exact) mass is 410 g/mol. The van der Waals surface area contributed by atoms with Gasteiger partial charge < -0.3 is 10.2 Å². The molecule has 0 aromatic carbocycles. The molecule has 1 aromatic rings. The van der Waals surface area contributed by atoms with E-state index in [1.54, 1.807) is 0 Å². The van der Waals surface area contributed by atoms with Crippen LogP contribution in [0.3, 0.4) is 0 Å². The van der Waals surface area contributed by atoms with Crippen molar-refractivity contribution in [1.29, 1.82) is 0 Å². The summed E-state index contributed by atoms with van der Waals surface area (Å²) in [5.74, 6) is 1.87. The average Bonchev–Trinajstić information content (AvgIpc) is 3.10. The normalized spacial score (nSPS) is 44.4. The van der Waals surface area contributed by atoms with Gasteiger partial charge in [0.15, 0.2) is 0 Å². The fourth-order valence-electron chi connectivity index (χ4n) is 7.82. The molecule has 30 heavy (non-hydrogen) atoms. The molecule has 4 aliphatic carbocycles. The third kappa shape index (κ3) is 2.75. The predicted molar refractivity (Wildman–Crippen MR) is 120 cm³/mol. The second-order valence-electron chi connectivity index (χ2n) is 11.2. The average molecular weight is 411 g/mol. The Bertz CT molecular complexity index is 928. The second kappa shape index (κ2) is 6.80. The van der Waals surface area contributed by atoms with Crippen molar-refractivity contribution in [2.24, 2.45) is 35.6 Å². The predicted octanol–water partition coefficient (Wildman–Crippen LogP) is 4.71. The fourth-order valence-corrected chi connectivity index (χ4v) is 7.82. The van der Waals surface area contributed by atoms with E-state index in [2.05, 4.69) is 44.9 Å². The van der Waals surface area contributed by atoms with Crippen LogP contribution in [0.2, 0.25) is 0 Å². The minimum atomic E-state index is -0.353. The first kappa shape index (κ1) is 20.5. The number of allylic oxidation sites excluding steroid dienone is 1. The van der Waals surface area contributed by atoms with Gasteiger partial charge in [-0.1, -0.05) is 25.5 Å². The molecular formula is C26H38N2O2. The zero-order valence-corrected chi connectivity index (χ0v) is 19.3. The van der Waals surface area contributed by atoms with Crippen LogP contribution in [0.4, 0.5) is 0 Å². The van der Waals surface area contributed by atoms with Gasteiger partial charge >= 0.3 is 0 Å². The molecular weight excluding hydrogens is 372 g/mol. The maximum absolute atomic E-state index is 11.5. The summed E-state index contributed by atoms with van der Waals surface area (Å²) in [6, 6.07) is 0. The van der Waals surface area contributed by atoms with Gasteiger partial charge in [-0.3, -0.25) is 4.68 Å². The van der Waals surface area contributed by atoms with Crippen LogP contribution in [0, 0.1) is 42.4 Å². The van der Waals surface area contributed by atoms with Gasteiger partial charge in [-0.25, -0.2) is 0 Å². The molecule has 0 spiro atoms. The van der Waals surface area contributed by atoms with Crippen LogP contribution in [-0.4, -0.2) is 32.2 Å². The van der Waals surface area contributed by atoms with Crippen LogP contribution in [0.15, 0.2) is 17.2 Å². The van der Waals surface area contributed by atoms with Crippen molar-refractivity contribution in [2.45, 2.75) is 84.8 Å². The Morgan fingerprint density at radius 1 is 1.10 bits per heavy atom. The van der Waals surface area contributed by atoms with E-state index in [0.29, 0.717) is 17.8 Å². The number of aliphatic hydroxyl groups excluding tert-OH is 2. The number of hydrogen-bond acceptors (Lipinski definition) is 3. The summed E-state index contributed by atoms with van der Waals surface area (Å²) in [4.78, 5) is 0. The molecule has 0 amide bonds. The zero-order chi connectivity index (χ0) is 21.4. The number of hydrogen-bond donors (Lipinski definition) is 2. The first-order valence-electron chi connectivity index (χ1n) is 11.9. The minimum absolute atomic E-state index is 0.0209. The second-order valence-corrected chi connectivity index (χ2v) is 11.2. The van der Waals surface area contributed by atoms with Crippen molar-refractivity contribution in [2.75, 3.05) is 0 Å². The Kier molecular flexibility index (Phi) is 4.65. The van der Waals surface area contributed by atoms with Crippen LogP contribution in [0.5, 0.6) is 0 Å². The first-order valence-corrected chi connectivity index (χ1v) is 11.9. The third-order valence-electron chi connectivity index (χ3n) is 9.84. The highest BCUT2D eigenvalue weighted by molar-refractivity contribution is 5.59. The van der Waals surface area contributed by atoms with Gasteiger partial charge in [0.2, 0.25) is 0 Å². The number of aliphatic hydroxyl groups is 2. The molecule has 4 nitrogen and oxygen atoms in total. The molecule has 2 N–H and O–H groups in total. The molecule has 5 rings (SSSR count). The summed E-state index contributed by atoms with van der Waals surface area (Å²) in [5.41, 5.74) is 6.35. The summed E-state index contributed by atoms with van der Waals surface area (Å²) in [5, 5.41) is 26.3. The van der Waals surface area contributed by atoms with E-state index in [1.807, 2.05) is 11.7 Å². The number of aromatic nitrogens is 2. The van der Waals surface area contributed by atoms with Gasteiger partial charge in [-0.2, -0.15) is 5.10 Å². The maximum atomic E-state index is 11.5. The highest BCUT2D eigenvalue weighted by Crippen LogP contribution is 2.65. The van der Waals surface area contributed by atoms with Gasteiger partial charge in [0, 0.05) is 23.7 Å². The van der Waals surface area contributed by atoms with Crippen molar-refractivity contribution in [3.8, 4) is 0 Å². The standard InChI is InChI=1S/C26H38N2O2/c1-15-21(16(2)28(5)27-15)12-17-13-23-20-7-6-18-14-19(29)8-10-25(18,3)22(20)9-11-26(23,4)24(17)30/h6,12,19-20,22-24,29-30H,7-11,13-14H2,1-5H3/b17-12+. The summed E-state index contributed by atoms with van der Waals surface area (Å²) >= 11 is 0. The van der Waals surface area contributed by atoms with Crippen LogP contribution in [0.1, 0.15) is 75.7 Å². The van der Waals surface area contributed by atoms with E-state index < -0.39 is 0 Å². The molecule has 0 bridgehead atoms. The SMILES string of the molecule is Cc1nn(C)c(C)c1/C=C1\CC2C3CC=C4CC(O)CCC4(C)C3CCC2(C)C1O. The van der Waals surface area contributed by atoms with E-state index in [-0.39, 0.29) is 23.0 Å². The number of fused-ring (bicyclic) bond motifs is 5. The largest absolute Gasteiger partial charge is 0.393 e. The third-order valence-corrected chi connectivity index (χ3v) is 9.84. The molecule has 0 radical (unpaired) electrons. The van der Waals surface area contributed by atoms with Gasteiger partial charge in [-0.05, 0) is 93.6 Å². The van der Waals surface area contributed by atoms with Gasteiger partial charge in [0.1, 0.15) is 0 Å². The minimum Gasteiger partial charge on any atom is -0.393 e. The van der Waals surface area contributed by atoms with E-state index in [1.165, 1.54) is 28.8 Å². The number of nitrogens with zero attached hydrogens (tertiary/aromatic N) is 2. The van der Waals surface area contributed by atoms with Crippen molar-refractivity contribution in [1.82, 2.24) is 9.78 Å². The molecule has 1 heterocycles. The highest BCUT2D eigenvalue weighted by atomic mass is 16.3. The Balaban J connectivity index is 1.49. The van der Waals surface area contributed by atoms with E-state index >= 15 is 0 Å². The van der Waals surface area contributed by atoms with Gasteiger partial charge in [-0.15, -0.1) is 0 Å². The molecule has 7 unspecified atom stereocenters. The molecule has 0 saturated heterocycles. The molecule has 0 aliphatic heterocycles. The fraction of sp³-hybridized carbons (Fsp3) is 0.731. The molecule has 3 saturated carbocycles. The lowest BCUT2D eigenvalue weighted by atomic mass is 9.48. The van der Waals surface area contributed by atoms with Gasteiger partial charge in [0.05, 0.1) is 17.9 Å². The highest BCUT2D eigenvalue weighted by Gasteiger charge is 2.59. The summed E-state index contributed by atoms with van der Waals surface area (Å²) < 4.78 is 1.94. The van der Waals surface area contributed by atoms with Crippen LogP contribution >= 0.6 is 0 Å². The molecule has 7 atom stereocenters. The van der Waals surface area contributed by atoms with Crippen LogP contribution < -0.4 is 0 Å². The van der Waals surface area contributed by atoms with E-state index in [4.69, 9.17) is 0 Å². The molecule has 164 valence electrons. The van der Waals surface area contributed by atoms with Crippen molar-refractivity contribution < 1.29 is 10.2 Å². The van der Waals surface area contributed by atoms with E-state index in [9.17, 15) is 10.2 Å². The number of aryl methyl sites for hydroxylation is 2. The van der Waals surface area contributed by atoms with Gasteiger partial charge in [0.25, 0.3) is 0 Å². The smallest absolute Gasteiger partial charge is 0.0809 e. The van der Waals surface area contributed by atoms with Crippen molar-refractivity contribution >= 4 is 6.08 Å². The Morgan fingerprint density at radius 3 is 2.57 bits per heavy atom. The Hall–Kier alpha value is -1.39. The summed E-state index contributed by atoms with van der Waals surface area (Å²) in [6.07, 6.45) is 11.6. The van der Waals surface area contributed by atoms with Crippen molar-refractivity contribution in [3.63, 3.8) is 0 Å². The molecule has 1 aromatic heterocycles.